The molecule has 3 heterocycles. The third-order valence-electron chi connectivity index (χ3n) is 3.99. The number of rotatable bonds is 5. The van der Waals surface area contributed by atoms with Crippen LogP contribution in [0, 0.1) is 0 Å². The van der Waals surface area contributed by atoms with E-state index >= 15 is 0 Å². The van der Waals surface area contributed by atoms with E-state index in [1.807, 2.05) is 25.2 Å². The van der Waals surface area contributed by atoms with Gasteiger partial charge < -0.3 is 9.64 Å². The number of amides is 1. The number of carbonyl (C=O) groups excluding carboxylic acids is 1. The quantitative estimate of drug-likeness (QED) is 0.715. The van der Waals surface area contributed by atoms with Gasteiger partial charge in [0.15, 0.2) is 0 Å². The van der Waals surface area contributed by atoms with Crippen molar-refractivity contribution in [2.24, 2.45) is 7.05 Å². The molecule has 0 fully saturated rings. The predicted molar refractivity (Wildman–Crippen MR) is 89.5 cm³/mol. The van der Waals surface area contributed by atoms with Gasteiger partial charge in [-0.05, 0) is 18.2 Å². The smallest absolute Gasteiger partial charge is 0.255 e. The minimum atomic E-state index is -0.272. The van der Waals surface area contributed by atoms with Crippen molar-refractivity contribution in [1.29, 1.82) is 0 Å². The molecule has 1 amide bonds. The number of likely N-dealkylation sites (N-methyl/N-ethyl adjacent to an activating group) is 1. The lowest BCUT2D eigenvalue weighted by atomic mass is 10.1. The number of carbonyl (C=O) groups is 1. The molecule has 124 valence electrons. The van der Waals surface area contributed by atoms with E-state index in [-0.39, 0.29) is 11.9 Å². The Morgan fingerprint density at radius 3 is 2.88 bits per heavy atom. The third kappa shape index (κ3) is 2.98. The van der Waals surface area contributed by atoms with Gasteiger partial charge in [-0.25, -0.2) is 0 Å². The number of ether oxygens (including phenoxy) is 1. The van der Waals surface area contributed by atoms with Crippen LogP contribution in [0.4, 0.5) is 0 Å². The van der Waals surface area contributed by atoms with Gasteiger partial charge in [0, 0.05) is 33.6 Å². The fourth-order valence-electron chi connectivity index (χ4n) is 2.61. The first-order valence-corrected chi connectivity index (χ1v) is 7.56. The SMILES string of the molecule is COCC(c1ccccn1)N(C)C(=O)c1cnc2cnn(C)c2c1. The van der Waals surface area contributed by atoms with Crippen LogP contribution in [-0.4, -0.2) is 51.3 Å². The van der Waals surface area contributed by atoms with Gasteiger partial charge in [-0.15, -0.1) is 0 Å². The van der Waals surface area contributed by atoms with Gasteiger partial charge in [0.2, 0.25) is 0 Å². The Morgan fingerprint density at radius 2 is 2.17 bits per heavy atom. The first-order valence-electron chi connectivity index (χ1n) is 7.56. The fourth-order valence-corrected chi connectivity index (χ4v) is 2.61. The Kier molecular flexibility index (Phi) is 4.52. The Balaban J connectivity index is 1.92. The van der Waals surface area contributed by atoms with E-state index < -0.39 is 0 Å². The standard InChI is InChI=1S/C17H19N5O2/c1-21(16(11-24-3)13-6-4-5-7-18-13)17(23)12-8-15-14(19-9-12)10-20-22(15)2/h4-10,16H,11H2,1-3H3. The van der Waals surface area contributed by atoms with Crippen molar-refractivity contribution in [3.8, 4) is 0 Å². The normalized spacial score (nSPS) is 12.3. The van der Waals surface area contributed by atoms with Gasteiger partial charge in [-0.3, -0.25) is 19.4 Å². The maximum absolute atomic E-state index is 12.9. The molecule has 0 aliphatic carbocycles. The molecule has 7 nitrogen and oxygen atoms in total. The van der Waals surface area contributed by atoms with Crippen LogP contribution in [0.1, 0.15) is 22.1 Å². The summed E-state index contributed by atoms with van der Waals surface area (Å²) in [5, 5.41) is 4.15. The van der Waals surface area contributed by atoms with E-state index in [1.54, 1.807) is 48.4 Å². The predicted octanol–water partition coefficient (Wildman–Crippen LogP) is 1.82. The lowest BCUT2D eigenvalue weighted by Gasteiger charge is -2.27. The highest BCUT2D eigenvalue weighted by atomic mass is 16.5. The van der Waals surface area contributed by atoms with E-state index in [9.17, 15) is 4.79 Å². The Labute approximate surface area is 139 Å². The van der Waals surface area contributed by atoms with Gasteiger partial charge in [-0.2, -0.15) is 5.10 Å². The van der Waals surface area contributed by atoms with Crippen LogP contribution in [0.3, 0.4) is 0 Å². The molecule has 0 aliphatic rings. The average Bonchev–Trinajstić information content (AvgIpc) is 2.99. The van der Waals surface area contributed by atoms with Crippen molar-refractivity contribution in [1.82, 2.24) is 24.6 Å². The van der Waals surface area contributed by atoms with E-state index in [0.717, 1.165) is 16.7 Å². The zero-order chi connectivity index (χ0) is 17.1. The van der Waals surface area contributed by atoms with Crippen molar-refractivity contribution in [2.75, 3.05) is 20.8 Å². The van der Waals surface area contributed by atoms with Gasteiger partial charge in [0.1, 0.15) is 5.52 Å². The highest BCUT2D eigenvalue weighted by Gasteiger charge is 2.24. The molecule has 0 spiro atoms. The summed E-state index contributed by atoms with van der Waals surface area (Å²) >= 11 is 0. The van der Waals surface area contributed by atoms with Crippen molar-refractivity contribution in [3.05, 3.63) is 54.1 Å². The number of methoxy groups -OCH3 is 1. The topological polar surface area (TPSA) is 73.1 Å². The molecule has 1 unspecified atom stereocenters. The minimum absolute atomic E-state index is 0.140. The Bertz CT molecular complexity index is 847. The zero-order valence-electron chi connectivity index (χ0n) is 13.9. The van der Waals surface area contributed by atoms with Crippen LogP contribution in [0.15, 0.2) is 42.9 Å². The lowest BCUT2D eigenvalue weighted by Crippen LogP contribution is -2.34. The molecule has 3 aromatic rings. The molecule has 0 aromatic carbocycles. The van der Waals surface area contributed by atoms with Crippen molar-refractivity contribution in [3.63, 3.8) is 0 Å². The number of nitrogens with zero attached hydrogens (tertiary/aromatic N) is 5. The molecule has 0 aliphatic heterocycles. The maximum atomic E-state index is 12.9. The van der Waals surface area contributed by atoms with Crippen LogP contribution in [0.5, 0.6) is 0 Å². The molecule has 7 heteroatoms. The molecule has 3 aromatic heterocycles. The summed E-state index contributed by atoms with van der Waals surface area (Å²) in [7, 11) is 5.18. The monoisotopic (exact) mass is 325 g/mol. The van der Waals surface area contributed by atoms with E-state index in [0.29, 0.717) is 12.2 Å². The Hall–Kier alpha value is -2.80. The number of aromatic nitrogens is 4. The number of hydrogen-bond acceptors (Lipinski definition) is 5. The van der Waals surface area contributed by atoms with Crippen molar-refractivity contribution in [2.45, 2.75) is 6.04 Å². The van der Waals surface area contributed by atoms with Gasteiger partial charge >= 0.3 is 0 Å². The zero-order valence-corrected chi connectivity index (χ0v) is 13.9. The molecule has 3 rings (SSSR count). The first-order chi connectivity index (χ1) is 11.6. The molecule has 0 saturated heterocycles. The molecule has 0 saturated carbocycles. The van der Waals surface area contributed by atoms with Crippen LogP contribution in [0.2, 0.25) is 0 Å². The number of hydrogen-bond donors (Lipinski definition) is 0. The fraction of sp³-hybridized carbons (Fsp3) is 0.294. The van der Waals surface area contributed by atoms with Crippen molar-refractivity contribution < 1.29 is 9.53 Å². The summed E-state index contributed by atoms with van der Waals surface area (Å²) in [6.07, 6.45) is 4.96. The summed E-state index contributed by atoms with van der Waals surface area (Å²) in [5.74, 6) is -0.140. The molecule has 24 heavy (non-hydrogen) atoms. The summed E-state index contributed by atoms with van der Waals surface area (Å²) < 4.78 is 6.98. The summed E-state index contributed by atoms with van der Waals surface area (Å²) in [6.45, 7) is 0.362. The molecule has 0 N–H and O–H groups in total. The van der Waals surface area contributed by atoms with Crippen LogP contribution in [-0.2, 0) is 11.8 Å². The Morgan fingerprint density at radius 1 is 1.33 bits per heavy atom. The molecular formula is C17H19N5O2. The van der Waals surface area contributed by atoms with Gasteiger partial charge in [0.05, 0.1) is 35.6 Å². The second-order valence-corrected chi connectivity index (χ2v) is 5.54. The second-order valence-electron chi connectivity index (χ2n) is 5.54. The summed E-state index contributed by atoms with van der Waals surface area (Å²) in [4.78, 5) is 23.2. The van der Waals surface area contributed by atoms with Gasteiger partial charge in [-0.1, -0.05) is 6.07 Å². The first kappa shape index (κ1) is 16.1. The van der Waals surface area contributed by atoms with E-state index in [4.69, 9.17) is 4.74 Å². The van der Waals surface area contributed by atoms with Crippen LogP contribution in [0.25, 0.3) is 11.0 Å². The average molecular weight is 325 g/mol. The van der Waals surface area contributed by atoms with E-state index in [2.05, 4.69) is 15.1 Å². The van der Waals surface area contributed by atoms with E-state index in [1.165, 1.54) is 0 Å². The minimum Gasteiger partial charge on any atom is -0.382 e. The van der Waals surface area contributed by atoms with Gasteiger partial charge in [0.25, 0.3) is 5.91 Å². The molecular weight excluding hydrogens is 306 g/mol. The molecule has 0 bridgehead atoms. The van der Waals surface area contributed by atoms with Crippen molar-refractivity contribution >= 4 is 16.9 Å². The second kappa shape index (κ2) is 6.76. The van der Waals surface area contributed by atoms with Crippen LogP contribution < -0.4 is 0 Å². The van der Waals surface area contributed by atoms with Crippen LogP contribution >= 0.6 is 0 Å². The molecule has 0 radical (unpaired) electrons. The summed E-state index contributed by atoms with van der Waals surface area (Å²) in [5.41, 5.74) is 2.86. The highest BCUT2D eigenvalue weighted by molar-refractivity contribution is 5.96. The highest BCUT2D eigenvalue weighted by Crippen LogP contribution is 2.21. The number of fused-ring (bicyclic) bond motifs is 1. The summed E-state index contributed by atoms with van der Waals surface area (Å²) in [6, 6.07) is 7.15. The maximum Gasteiger partial charge on any atom is 0.255 e. The molecule has 1 atom stereocenters. The lowest BCUT2D eigenvalue weighted by molar-refractivity contribution is 0.0595. The largest absolute Gasteiger partial charge is 0.382 e. The number of pyridine rings is 2. The number of aryl methyl sites for hydroxylation is 1. The third-order valence-corrected chi connectivity index (χ3v) is 3.99.